The van der Waals surface area contributed by atoms with Crippen molar-refractivity contribution in [3.63, 3.8) is 0 Å². The number of pyridine rings is 1. The number of rotatable bonds is 11. The molecular weight excluding hydrogens is 831 g/mol. The molecule has 7 aromatic rings. The van der Waals surface area contributed by atoms with Crippen LogP contribution < -0.4 is 15.9 Å². The summed E-state index contributed by atoms with van der Waals surface area (Å²) in [6.45, 7) is 19.8. The summed E-state index contributed by atoms with van der Waals surface area (Å²) >= 11 is 0. The molecule has 0 amide bonds. The number of carbonyl (C=O) groups is 2. The fourth-order valence-electron chi connectivity index (χ4n) is 9.49. The van der Waals surface area contributed by atoms with Gasteiger partial charge in [0.2, 0.25) is 0 Å². The third-order valence-corrected chi connectivity index (χ3v) is 12.5. The Hall–Kier alpha value is -6.83. The molecule has 14 heteroatoms. The van der Waals surface area contributed by atoms with Crippen molar-refractivity contribution >= 4 is 74.1 Å². The number of halogens is 2. The van der Waals surface area contributed by atoms with Crippen LogP contribution in [0.4, 0.5) is 8.63 Å². The molecule has 1 aliphatic rings. The van der Waals surface area contributed by atoms with E-state index in [1.165, 1.54) is 11.5 Å². The number of esters is 2. The van der Waals surface area contributed by atoms with Gasteiger partial charge >= 0.3 is 19.3 Å². The van der Waals surface area contributed by atoms with Gasteiger partial charge in [0.15, 0.2) is 0 Å². The standard InChI is InChI=1S/C51H50BF2N3O8/c1-12-62-49(60)40-27(5)45(55-29(40)7)44(46-28(6)41(50(61)63-13-2)30(8)57(46)52(53)54)39-25(3)22-32(23-26(39)4)64-21-20-56-47(58)34-16-15-33-36-24-31(51(9,10)11)14-18-37(36)65-38-19-17-35(48(56)59)42(34)43(33)38/h14-19,22-24H,12-13,20-21H2,1-11H3/b45-44-. The van der Waals surface area contributed by atoms with Gasteiger partial charge in [-0.3, -0.25) is 27.8 Å². The Morgan fingerprint density at radius 2 is 1.35 bits per heavy atom. The van der Waals surface area contributed by atoms with Crippen molar-refractivity contribution in [3.8, 4) is 5.75 Å². The van der Waals surface area contributed by atoms with Crippen LogP contribution in [0.2, 0.25) is 0 Å². The second-order valence-electron chi connectivity index (χ2n) is 17.6. The monoisotopic (exact) mass is 881 g/mol. The van der Waals surface area contributed by atoms with Crippen molar-refractivity contribution < 1.29 is 36.8 Å². The second kappa shape index (κ2) is 16.6. The summed E-state index contributed by atoms with van der Waals surface area (Å²) in [5.74, 6) is -0.922. The molecule has 0 atom stereocenters. The Balaban J connectivity index is 1.20. The molecule has 8 rings (SSSR count). The van der Waals surface area contributed by atoms with Crippen molar-refractivity contribution in [1.82, 2.24) is 9.05 Å². The number of fused-ring (bicyclic) bond motifs is 2. The molecule has 0 unspecified atom stereocenters. The SMILES string of the molecule is CCOC(=O)C1=C(C)/C(=C(\c2c(C)cc(OCCn3c(=O)c4ccc5oc6ccc(C(C)(C)C)cc6c6ccc(c3=O)c4c56)cc2C)c2c(C)c(C(=O)OCC)c(C)n2B(F)F)N=C1C. The van der Waals surface area contributed by atoms with Gasteiger partial charge in [-0.05, 0) is 142 Å². The van der Waals surface area contributed by atoms with Crippen molar-refractivity contribution in [2.75, 3.05) is 19.8 Å². The van der Waals surface area contributed by atoms with Gasteiger partial charge < -0.3 is 23.1 Å². The highest BCUT2D eigenvalue weighted by atomic mass is 19.2. The zero-order valence-electron chi connectivity index (χ0n) is 38.5. The Labute approximate surface area is 374 Å². The van der Waals surface area contributed by atoms with Gasteiger partial charge in [-0.15, -0.1) is 0 Å². The van der Waals surface area contributed by atoms with E-state index < -0.39 is 30.5 Å². The number of benzene rings is 4. The Kier molecular flexibility index (Phi) is 11.5. The molecule has 11 nitrogen and oxygen atoms in total. The minimum atomic E-state index is -3.06. The highest BCUT2D eigenvalue weighted by molar-refractivity contribution is 6.42. The zero-order chi connectivity index (χ0) is 47.0. The molecule has 65 heavy (non-hydrogen) atoms. The molecule has 4 heterocycles. The van der Waals surface area contributed by atoms with Gasteiger partial charge in [0.25, 0.3) is 11.1 Å². The lowest BCUT2D eigenvalue weighted by molar-refractivity contribution is -0.137. The van der Waals surface area contributed by atoms with Gasteiger partial charge in [-0.25, -0.2) is 9.59 Å². The molecule has 0 bridgehead atoms. The Morgan fingerprint density at radius 3 is 1.97 bits per heavy atom. The molecular formula is C51H50BF2N3O8. The third-order valence-electron chi connectivity index (χ3n) is 12.5. The van der Waals surface area contributed by atoms with E-state index in [1.807, 2.05) is 12.1 Å². The molecule has 0 saturated carbocycles. The highest BCUT2D eigenvalue weighted by Crippen LogP contribution is 2.44. The smallest absolute Gasteiger partial charge is 0.492 e. The molecule has 1 aliphatic heterocycles. The average molecular weight is 882 g/mol. The number of carbonyl (C=O) groups excluding carboxylic acids is 2. The van der Waals surface area contributed by atoms with Gasteiger partial charge in [0.1, 0.15) is 23.5 Å². The number of hydrogen-bond acceptors (Lipinski definition) is 9. The van der Waals surface area contributed by atoms with E-state index in [4.69, 9.17) is 23.6 Å². The van der Waals surface area contributed by atoms with E-state index in [0.717, 1.165) is 26.2 Å². The molecule has 0 spiro atoms. The van der Waals surface area contributed by atoms with E-state index in [-0.39, 0.29) is 71.1 Å². The lowest BCUT2D eigenvalue weighted by Gasteiger charge is -2.21. The van der Waals surface area contributed by atoms with Crippen LogP contribution in [-0.4, -0.2) is 53.9 Å². The minimum Gasteiger partial charge on any atom is -0.492 e. The maximum absolute atomic E-state index is 15.3. The Morgan fingerprint density at radius 1 is 0.754 bits per heavy atom. The first-order chi connectivity index (χ1) is 30.8. The number of nitrogens with zero attached hydrogens (tertiary/aromatic N) is 3. The van der Waals surface area contributed by atoms with Crippen LogP contribution in [0.15, 0.2) is 90.4 Å². The summed E-state index contributed by atoms with van der Waals surface area (Å²) in [6, 6.07) is 16.8. The number of allylic oxidation sites excluding steroid dienone is 1. The Bertz CT molecular complexity index is 3330. The van der Waals surface area contributed by atoms with Crippen LogP contribution in [0, 0.1) is 27.7 Å². The number of aliphatic imine (C=N–C) groups is 1. The molecule has 0 saturated heterocycles. The summed E-state index contributed by atoms with van der Waals surface area (Å²) in [7, 11) is -3.06. The van der Waals surface area contributed by atoms with Gasteiger partial charge in [0, 0.05) is 43.9 Å². The lowest BCUT2D eigenvalue weighted by atomic mass is 9.85. The number of aromatic nitrogens is 2. The zero-order valence-corrected chi connectivity index (χ0v) is 38.5. The predicted molar refractivity (Wildman–Crippen MR) is 252 cm³/mol. The molecule has 3 aromatic heterocycles. The van der Waals surface area contributed by atoms with Crippen LogP contribution in [0.5, 0.6) is 5.75 Å². The summed E-state index contributed by atoms with van der Waals surface area (Å²) in [4.78, 5) is 59.6. The average Bonchev–Trinajstić information content (AvgIpc) is 3.68. The quantitative estimate of drug-likeness (QED) is 0.0543. The molecule has 0 radical (unpaired) electrons. The van der Waals surface area contributed by atoms with Crippen molar-refractivity contribution in [2.45, 2.75) is 88.1 Å². The molecule has 0 aliphatic carbocycles. The predicted octanol–water partition coefficient (Wildman–Crippen LogP) is 10.3. The van der Waals surface area contributed by atoms with Crippen molar-refractivity contribution in [2.24, 2.45) is 4.99 Å². The molecule has 4 aromatic carbocycles. The first-order valence-electron chi connectivity index (χ1n) is 21.7. The topological polar surface area (TPSA) is 131 Å². The van der Waals surface area contributed by atoms with E-state index >= 15 is 8.63 Å². The van der Waals surface area contributed by atoms with Crippen LogP contribution in [0.25, 0.3) is 49.1 Å². The minimum absolute atomic E-state index is 0.0135. The molecule has 0 fully saturated rings. The van der Waals surface area contributed by atoms with Crippen molar-refractivity contribution in [3.05, 3.63) is 137 Å². The summed E-state index contributed by atoms with van der Waals surface area (Å²) < 4.78 is 55.8. The van der Waals surface area contributed by atoms with E-state index in [9.17, 15) is 19.2 Å². The van der Waals surface area contributed by atoms with Gasteiger partial charge in [-0.1, -0.05) is 32.9 Å². The highest BCUT2D eigenvalue weighted by Gasteiger charge is 2.37. The lowest BCUT2D eigenvalue weighted by Crippen LogP contribution is -2.35. The maximum Gasteiger partial charge on any atom is 0.677 e. The third kappa shape index (κ3) is 7.32. The maximum atomic E-state index is 15.3. The second-order valence-corrected chi connectivity index (χ2v) is 17.6. The summed E-state index contributed by atoms with van der Waals surface area (Å²) in [5, 5.41) is 3.86. The van der Waals surface area contributed by atoms with Crippen LogP contribution in [-0.2, 0) is 26.2 Å². The fourth-order valence-corrected chi connectivity index (χ4v) is 9.49. The van der Waals surface area contributed by atoms with Gasteiger partial charge in [0.05, 0.1) is 42.3 Å². The summed E-state index contributed by atoms with van der Waals surface area (Å²) in [6.07, 6.45) is 0. The normalized spacial score (nSPS) is 14.0. The molecule has 0 N–H and O–H groups in total. The fraction of sp³-hybridized carbons (Fsp3) is 0.314. The number of aryl methyl sites for hydroxylation is 2. The van der Waals surface area contributed by atoms with E-state index in [0.29, 0.717) is 61.0 Å². The van der Waals surface area contributed by atoms with Gasteiger partial charge in [-0.2, -0.15) is 0 Å². The van der Waals surface area contributed by atoms with E-state index in [1.54, 1.807) is 78.8 Å². The van der Waals surface area contributed by atoms with Crippen LogP contribution in [0.3, 0.4) is 0 Å². The number of hydrogen-bond donors (Lipinski definition) is 0. The first kappa shape index (κ1) is 44.8. The van der Waals surface area contributed by atoms with E-state index in [2.05, 4.69) is 32.9 Å². The van der Waals surface area contributed by atoms with Crippen LogP contribution >= 0.6 is 0 Å². The summed E-state index contributed by atoms with van der Waals surface area (Å²) in [5.41, 5.74) is 5.08. The largest absolute Gasteiger partial charge is 0.677 e. The van der Waals surface area contributed by atoms with Crippen LogP contribution in [0.1, 0.15) is 98.0 Å². The van der Waals surface area contributed by atoms with Crippen molar-refractivity contribution in [1.29, 1.82) is 0 Å². The molecule has 334 valence electrons. The number of ether oxygens (including phenoxy) is 3. The first-order valence-corrected chi connectivity index (χ1v) is 21.7.